The van der Waals surface area contributed by atoms with Crippen LogP contribution >= 0.6 is 35.6 Å². The zero-order valence-electron chi connectivity index (χ0n) is 13.5. The molecule has 1 aliphatic rings. The Morgan fingerprint density at radius 3 is 2.78 bits per heavy atom. The topological polar surface area (TPSA) is 73.0 Å². The van der Waals surface area contributed by atoms with Crippen LogP contribution < -0.4 is 10.5 Å². The number of morpholine rings is 1. The van der Waals surface area contributed by atoms with Crippen molar-refractivity contribution in [2.24, 2.45) is 16.6 Å². The third kappa shape index (κ3) is 6.68. The fourth-order valence-electron chi connectivity index (χ4n) is 1.97. The molecule has 2 rings (SSSR count). The first kappa shape index (κ1) is 20.2. The van der Waals surface area contributed by atoms with Gasteiger partial charge in [0.2, 0.25) is 5.88 Å². The fraction of sp³-hybridized carbons (Fsp3) is 0.600. The molecule has 0 aromatic carbocycles. The molecular formula is C15H24ClIN4O2. The maximum atomic E-state index is 6.18. The normalized spacial score (nSPS) is 15.5. The number of hydrogen-bond donors (Lipinski definition) is 1. The second kappa shape index (κ2) is 10.1. The molecule has 2 heterocycles. The van der Waals surface area contributed by atoms with Crippen LogP contribution in [0.25, 0.3) is 0 Å². The minimum Gasteiger partial charge on any atom is -0.476 e. The second-order valence-electron chi connectivity index (χ2n) is 5.61. The Morgan fingerprint density at radius 2 is 2.17 bits per heavy atom. The molecule has 8 heteroatoms. The zero-order valence-corrected chi connectivity index (χ0v) is 16.6. The van der Waals surface area contributed by atoms with Gasteiger partial charge in [0.25, 0.3) is 0 Å². The Balaban J connectivity index is 0.00000264. The van der Waals surface area contributed by atoms with Crippen LogP contribution in [0.1, 0.15) is 19.4 Å². The highest BCUT2D eigenvalue weighted by Gasteiger charge is 2.12. The summed E-state index contributed by atoms with van der Waals surface area (Å²) in [5.74, 6) is 1.42. The molecule has 1 aromatic heterocycles. The van der Waals surface area contributed by atoms with Crippen molar-refractivity contribution in [3.8, 4) is 5.88 Å². The van der Waals surface area contributed by atoms with E-state index in [-0.39, 0.29) is 24.0 Å². The summed E-state index contributed by atoms with van der Waals surface area (Å²) in [4.78, 5) is 10.6. The minimum absolute atomic E-state index is 0. The zero-order chi connectivity index (χ0) is 15.9. The van der Waals surface area contributed by atoms with Gasteiger partial charge in [0.15, 0.2) is 5.96 Å². The number of rotatable bonds is 5. The lowest BCUT2D eigenvalue weighted by Crippen LogP contribution is -2.44. The third-order valence-corrected chi connectivity index (χ3v) is 3.45. The monoisotopic (exact) mass is 454 g/mol. The second-order valence-corrected chi connectivity index (χ2v) is 6.02. The van der Waals surface area contributed by atoms with Crippen LogP contribution in [0.3, 0.4) is 0 Å². The van der Waals surface area contributed by atoms with Crippen molar-refractivity contribution in [3.63, 3.8) is 0 Å². The van der Waals surface area contributed by atoms with Crippen LogP contribution in [0.4, 0.5) is 0 Å². The number of nitrogens with zero attached hydrogens (tertiary/aromatic N) is 3. The highest BCUT2D eigenvalue weighted by molar-refractivity contribution is 14.0. The Hall–Kier alpha value is -0.800. The van der Waals surface area contributed by atoms with E-state index in [9.17, 15) is 0 Å². The Bertz CT molecular complexity index is 522. The summed E-state index contributed by atoms with van der Waals surface area (Å²) < 4.78 is 10.8. The lowest BCUT2D eigenvalue weighted by Gasteiger charge is -2.27. The average Bonchev–Trinajstić information content (AvgIpc) is 2.52. The molecule has 0 saturated carbocycles. The van der Waals surface area contributed by atoms with Crippen LogP contribution in [0.2, 0.25) is 5.02 Å². The molecule has 0 radical (unpaired) electrons. The van der Waals surface area contributed by atoms with Gasteiger partial charge in [-0.05, 0) is 17.5 Å². The van der Waals surface area contributed by atoms with E-state index in [1.54, 1.807) is 6.20 Å². The van der Waals surface area contributed by atoms with Crippen molar-refractivity contribution in [2.75, 3.05) is 32.9 Å². The highest BCUT2D eigenvalue weighted by Crippen LogP contribution is 2.23. The van der Waals surface area contributed by atoms with Gasteiger partial charge in [-0.15, -0.1) is 24.0 Å². The van der Waals surface area contributed by atoms with Gasteiger partial charge in [-0.2, -0.15) is 0 Å². The molecule has 1 aliphatic heterocycles. The number of pyridine rings is 1. The molecule has 0 atom stereocenters. The molecule has 0 aliphatic carbocycles. The number of aromatic nitrogens is 1. The predicted octanol–water partition coefficient (Wildman–Crippen LogP) is 2.53. The van der Waals surface area contributed by atoms with Crippen molar-refractivity contribution in [1.82, 2.24) is 9.88 Å². The van der Waals surface area contributed by atoms with Gasteiger partial charge < -0.3 is 20.1 Å². The molecule has 23 heavy (non-hydrogen) atoms. The van der Waals surface area contributed by atoms with E-state index in [0.29, 0.717) is 49.1 Å². The molecule has 130 valence electrons. The summed E-state index contributed by atoms with van der Waals surface area (Å²) in [7, 11) is 0. The molecule has 6 nitrogen and oxygen atoms in total. The third-order valence-electron chi connectivity index (χ3n) is 3.18. The van der Waals surface area contributed by atoms with Crippen LogP contribution in [0, 0.1) is 5.92 Å². The summed E-state index contributed by atoms with van der Waals surface area (Å²) in [6, 6.07) is 1.82. The lowest BCUT2D eigenvalue weighted by atomic mass is 10.2. The molecule has 0 bridgehead atoms. The van der Waals surface area contributed by atoms with Crippen LogP contribution in [-0.4, -0.2) is 48.8 Å². The van der Waals surface area contributed by atoms with Gasteiger partial charge in [0, 0.05) is 19.3 Å². The Labute approximate surface area is 159 Å². The van der Waals surface area contributed by atoms with Crippen molar-refractivity contribution < 1.29 is 9.47 Å². The van der Waals surface area contributed by atoms with Crippen LogP contribution in [-0.2, 0) is 11.3 Å². The SMILES string of the molecule is CC(C)COc1ncc(CN=C(N)N2CCOCC2)cc1Cl.I. The summed E-state index contributed by atoms with van der Waals surface area (Å²) in [5, 5.41) is 0.498. The average molecular weight is 455 g/mol. The van der Waals surface area contributed by atoms with E-state index in [1.807, 2.05) is 11.0 Å². The number of nitrogens with two attached hydrogens (primary N) is 1. The summed E-state index contributed by atoms with van der Waals surface area (Å²) in [6.07, 6.45) is 1.72. The van der Waals surface area contributed by atoms with E-state index < -0.39 is 0 Å². The molecular weight excluding hydrogens is 431 g/mol. The van der Waals surface area contributed by atoms with E-state index >= 15 is 0 Å². The number of aliphatic imine (C=N–C) groups is 1. The molecule has 1 saturated heterocycles. The summed E-state index contributed by atoms with van der Waals surface area (Å²) in [6.45, 7) is 8.11. The fourth-order valence-corrected chi connectivity index (χ4v) is 2.21. The van der Waals surface area contributed by atoms with E-state index in [1.165, 1.54) is 0 Å². The van der Waals surface area contributed by atoms with E-state index in [0.717, 1.165) is 18.7 Å². The summed E-state index contributed by atoms with van der Waals surface area (Å²) >= 11 is 6.18. The maximum Gasteiger partial charge on any atom is 0.232 e. The van der Waals surface area contributed by atoms with Gasteiger partial charge in [-0.1, -0.05) is 25.4 Å². The first-order chi connectivity index (χ1) is 10.6. The molecule has 0 spiro atoms. The highest BCUT2D eigenvalue weighted by atomic mass is 127. The van der Waals surface area contributed by atoms with Gasteiger partial charge in [-0.3, -0.25) is 0 Å². The van der Waals surface area contributed by atoms with Crippen molar-refractivity contribution in [1.29, 1.82) is 0 Å². The van der Waals surface area contributed by atoms with Gasteiger partial charge in [0.1, 0.15) is 5.02 Å². The van der Waals surface area contributed by atoms with Crippen LogP contribution in [0.5, 0.6) is 5.88 Å². The molecule has 0 amide bonds. The van der Waals surface area contributed by atoms with E-state index in [2.05, 4.69) is 23.8 Å². The van der Waals surface area contributed by atoms with Crippen molar-refractivity contribution in [3.05, 3.63) is 22.8 Å². The van der Waals surface area contributed by atoms with Crippen molar-refractivity contribution >= 4 is 41.5 Å². The van der Waals surface area contributed by atoms with Crippen molar-refractivity contribution in [2.45, 2.75) is 20.4 Å². The Morgan fingerprint density at radius 1 is 1.48 bits per heavy atom. The minimum atomic E-state index is 0. The number of hydrogen-bond acceptors (Lipinski definition) is 4. The van der Waals surface area contributed by atoms with E-state index in [4.69, 9.17) is 26.8 Å². The molecule has 1 fully saturated rings. The smallest absolute Gasteiger partial charge is 0.232 e. The summed E-state index contributed by atoms with van der Waals surface area (Å²) in [5.41, 5.74) is 6.89. The lowest BCUT2D eigenvalue weighted by molar-refractivity contribution is 0.0674. The Kier molecular flexibility index (Phi) is 8.93. The van der Waals surface area contributed by atoms with Gasteiger partial charge in [0.05, 0.1) is 26.4 Å². The number of guanidine groups is 1. The van der Waals surface area contributed by atoms with Gasteiger partial charge in [-0.25, -0.2) is 9.98 Å². The standard InChI is InChI=1S/C15H23ClN4O2.HI/c1-11(2)10-22-14-13(16)7-12(8-18-14)9-19-15(17)20-3-5-21-6-4-20;/h7-8,11H,3-6,9-10H2,1-2H3,(H2,17,19);1H. The quantitative estimate of drug-likeness (QED) is 0.420. The first-order valence-corrected chi connectivity index (χ1v) is 7.84. The number of ether oxygens (including phenoxy) is 2. The molecule has 2 N–H and O–H groups in total. The molecule has 1 aromatic rings. The van der Waals surface area contributed by atoms with Crippen LogP contribution in [0.15, 0.2) is 17.3 Å². The van der Waals surface area contributed by atoms with Gasteiger partial charge >= 0.3 is 0 Å². The maximum absolute atomic E-state index is 6.18. The largest absolute Gasteiger partial charge is 0.476 e. The molecule has 0 unspecified atom stereocenters. The predicted molar refractivity (Wildman–Crippen MR) is 103 cm³/mol. The number of halogens is 2. The first-order valence-electron chi connectivity index (χ1n) is 7.46.